The number of rotatable bonds is 2. The molecule has 0 saturated carbocycles. The summed E-state index contributed by atoms with van der Waals surface area (Å²) in [5.41, 5.74) is 2.07. The summed E-state index contributed by atoms with van der Waals surface area (Å²) in [5, 5.41) is 3.56. The van der Waals surface area contributed by atoms with Gasteiger partial charge in [0.25, 0.3) is 5.91 Å². The number of nitrogens with one attached hydrogen (secondary N) is 1. The Morgan fingerprint density at radius 3 is 2.70 bits per heavy atom. The largest absolute Gasteiger partial charge is 0.465 e. The van der Waals surface area contributed by atoms with E-state index in [1.807, 2.05) is 12.1 Å². The van der Waals surface area contributed by atoms with Gasteiger partial charge in [-0.15, -0.1) is 0 Å². The Morgan fingerprint density at radius 1 is 1.25 bits per heavy atom. The van der Waals surface area contributed by atoms with Gasteiger partial charge in [0.1, 0.15) is 12.9 Å². The summed E-state index contributed by atoms with van der Waals surface area (Å²) in [5.74, 6) is 0.458. The maximum Gasteiger partial charge on any atom is 0.256 e. The minimum atomic E-state index is -2.34. The van der Waals surface area contributed by atoms with Crippen LogP contribution in [0.25, 0.3) is 11.6 Å². The van der Waals surface area contributed by atoms with E-state index in [0.29, 0.717) is 17.0 Å². The van der Waals surface area contributed by atoms with E-state index >= 15 is 0 Å². The molecule has 1 aromatic carbocycles. The fourth-order valence-electron chi connectivity index (χ4n) is 2.18. The average Bonchev–Trinajstić information content (AvgIpc) is 2.97. The first-order chi connectivity index (χ1) is 9.45. The van der Waals surface area contributed by atoms with Crippen molar-refractivity contribution >= 4 is 35.7 Å². The number of hydrogen-bond donors (Lipinski definition) is 1. The maximum absolute atomic E-state index is 12.1. The molecular weight excluding hydrogens is 273 g/mol. The first-order valence-corrected chi connectivity index (χ1v) is 8.82. The van der Waals surface area contributed by atoms with Gasteiger partial charge >= 0.3 is 0 Å². The average molecular weight is 287 g/mol. The van der Waals surface area contributed by atoms with Gasteiger partial charge in [0.05, 0.1) is 11.8 Å². The van der Waals surface area contributed by atoms with Crippen LogP contribution < -0.4 is 10.6 Å². The Kier molecular flexibility index (Phi) is 2.91. The molecule has 0 unspecified atom stereocenters. The Hall–Kier alpha value is -2.06. The molecule has 0 bridgehead atoms. The molecule has 1 aliphatic heterocycles. The van der Waals surface area contributed by atoms with E-state index in [4.69, 9.17) is 4.42 Å². The summed E-state index contributed by atoms with van der Waals surface area (Å²) in [4.78, 5) is 12.0. The number of furan rings is 1. The van der Waals surface area contributed by atoms with Gasteiger partial charge in [-0.05, 0) is 37.6 Å². The molecular formula is C15H14NO3P. The fraction of sp³-hybridized carbons (Fsp3) is 0.133. The van der Waals surface area contributed by atoms with Gasteiger partial charge < -0.3 is 14.3 Å². The molecule has 0 radical (unpaired) electrons. The third-order valence-electron chi connectivity index (χ3n) is 3.24. The molecule has 1 aliphatic rings. The quantitative estimate of drug-likeness (QED) is 0.682. The summed E-state index contributed by atoms with van der Waals surface area (Å²) in [6.07, 6.45) is 3.27. The number of anilines is 1. The zero-order chi connectivity index (χ0) is 14.3. The van der Waals surface area contributed by atoms with Gasteiger partial charge in [-0.3, -0.25) is 4.79 Å². The van der Waals surface area contributed by atoms with Gasteiger partial charge in [0, 0.05) is 16.6 Å². The molecule has 5 heteroatoms. The summed E-state index contributed by atoms with van der Waals surface area (Å²) in [7, 11) is -2.34. The van der Waals surface area contributed by atoms with Gasteiger partial charge in [-0.2, -0.15) is 0 Å². The zero-order valence-corrected chi connectivity index (χ0v) is 12.1. The lowest BCUT2D eigenvalue weighted by Gasteiger charge is -2.08. The Morgan fingerprint density at radius 2 is 2.05 bits per heavy atom. The van der Waals surface area contributed by atoms with Crippen molar-refractivity contribution in [2.45, 2.75) is 0 Å². The Balaban J connectivity index is 2.08. The zero-order valence-electron chi connectivity index (χ0n) is 11.2. The highest BCUT2D eigenvalue weighted by molar-refractivity contribution is 7.70. The first kappa shape index (κ1) is 12.9. The van der Waals surface area contributed by atoms with Crippen LogP contribution in [-0.2, 0) is 9.36 Å². The SMILES string of the molecule is CP(C)(=O)c1ccc2c(c1)NC(=O)/C2=C\c1ccco1. The smallest absolute Gasteiger partial charge is 0.256 e. The van der Waals surface area contributed by atoms with Crippen LogP contribution in [0.4, 0.5) is 5.69 Å². The highest BCUT2D eigenvalue weighted by Crippen LogP contribution is 2.39. The van der Waals surface area contributed by atoms with Crippen molar-refractivity contribution in [2.75, 3.05) is 18.6 Å². The van der Waals surface area contributed by atoms with Crippen LogP contribution in [0.1, 0.15) is 11.3 Å². The molecule has 2 aromatic rings. The molecule has 3 rings (SSSR count). The van der Waals surface area contributed by atoms with Crippen LogP contribution in [0.3, 0.4) is 0 Å². The lowest BCUT2D eigenvalue weighted by atomic mass is 10.1. The molecule has 1 N–H and O–H groups in total. The highest BCUT2D eigenvalue weighted by atomic mass is 31.2. The number of amides is 1. The van der Waals surface area contributed by atoms with Crippen LogP contribution in [0.15, 0.2) is 41.0 Å². The van der Waals surface area contributed by atoms with Crippen molar-refractivity contribution in [1.82, 2.24) is 0 Å². The van der Waals surface area contributed by atoms with Crippen LogP contribution in [0.5, 0.6) is 0 Å². The van der Waals surface area contributed by atoms with E-state index in [0.717, 1.165) is 10.9 Å². The second kappa shape index (κ2) is 4.50. The van der Waals surface area contributed by atoms with E-state index < -0.39 is 7.14 Å². The van der Waals surface area contributed by atoms with Crippen molar-refractivity contribution in [3.05, 3.63) is 47.9 Å². The van der Waals surface area contributed by atoms with Crippen molar-refractivity contribution in [1.29, 1.82) is 0 Å². The molecule has 20 heavy (non-hydrogen) atoms. The number of fused-ring (bicyclic) bond motifs is 1. The van der Waals surface area contributed by atoms with Crippen LogP contribution >= 0.6 is 7.14 Å². The van der Waals surface area contributed by atoms with E-state index in [1.165, 1.54) is 0 Å². The Bertz CT molecular complexity index is 753. The van der Waals surface area contributed by atoms with Gasteiger partial charge in [0.2, 0.25) is 0 Å². The third-order valence-corrected chi connectivity index (χ3v) is 4.76. The number of hydrogen-bond acceptors (Lipinski definition) is 3. The predicted octanol–water partition coefficient (Wildman–Crippen LogP) is 3.02. The summed E-state index contributed by atoms with van der Waals surface area (Å²) >= 11 is 0. The summed E-state index contributed by atoms with van der Waals surface area (Å²) in [6, 6.07) is 9.00. The second-order valence-corrected chi connectivity index (χ2v) is 8.33. The van der Waals surface area contributed by atoms with E-state index in [1.54, 1.807) is 43.9 Å². The van der Waals surface area contributed by atoms with Crippen molar-refractivity contribution < 1.29 is 13.8 Å². The number of carbonyl (C=O) groups excluding carboxylic acids is 1. The van der Waals surface area contributed by atoms with Crippen LogP contribution in [-0.4, -0.2) is 19.2 Å². The topological polar surface area (TPSA) is 59.3 Å². The number of benzene rings is 1. The van der Waals surface area contributed by atoms with Crippen molar-refractivity contribution in [2.24, 2.45) is 0 Å². The van der Waals surface area contributed by atoms with E-state index in [9.17, 15) is 9.36 Å². The highest BCUT2D eigenvalue weighted by Gasteiger charge is 2.26. The minimum Gasteiger partial charge on any atom is -0.465 e. The lowest BCUT2D eigenvalue weighted by molar-refractivity contribution is -0.110. The molecule has 1 aromatic heterocycles. The molecule has 0 saturated heterocycles. The molecule has 1 amide bonds. The molecule has 0 aliphatic carbocycles. The van der Waals surface area contributed by atoms with Crippen LogP contribution in [0.2, 0.25) is 0 Å². The minimum absolute atomic E-state index is 0.171. The van der Waals surface area contributed by atoms with Gasteiger partial charge in [-0.25, -0.2) is 0 Å². The Labute approximate surface area is 116 Å². The molecule has 0 atom stereocenters. The van der Waals surface area contributed by atoms with Crippen LogP contribution in [0, 0.1) is 0 Å². The summed E-state index contributed by atoms with van der Waals surface area (Å²) in [6.45, 7) is 3.43. The molecule has 102 valence electrons. The molecule has 2 heterocycles. The predicted molar refractivity (Wildman–Crippen MR) is 80.7 cm³/mol. The second-order valence-electron chi connectivity index (χ2n) is 5.11. The van der Waals surface area contributed by atoms with E-state index in [2.05, 4.69) is 5.32 Å². The maximum atomic E-state index is 12.1. The van der Waals surface area contributed by atoms with Crippen molar-refractivity contribution in [3.63, 3.8) is 0 Å². The molecule has 0 fully saturated rings. The lowest BCUT2D eigenvalue weighted by Crippen LogP contribution is -2.05. The van der Waals surface area contributed by atoms with Crippen molar-refractivity contribution in [3.8, 4) is 0 Å². The third kappa shape index (κ3) is 2.23. The summed E-state index contributed by atoms with van der Waals surface area (Å²) < 4.78 is 17.3. The molecule has 4 nitrogen and oxygen atoms in total. The molecule has 0 spiro atoms. The standard InChI is InChI=1S/C15H14NO3P/c1-20(2,18)11-5-6-12-13(8-10-4-3-7-19-10)15(17)16-14(12)9-11/h3-9H,1-2H3,(H,16,17)/b13-8-. The number of carbonyl (C=O) groups is 1. The first-order valence-electron chi connectivity index (χ1n) is 6.22. The monoisotopic (exact) mass is 287 g/mol. The van der Waals surface area contributed by atoms with E-state index in [-0.39, 0.29) is 5.91 Å². The van der Waals surface area contributed by atoms with Gasteiger partial charge in [0.15, 0.2) is 0 Å². The fourth-order valence-corrected chi connectivity index (χ4v) is 3.05. The van der Waals surface area contributed by atoms with Gasteiger partial charge in [-0.1, -0.05) is 12.1 Å². The normalized spacial score (nSPS) is 16.3.